The summed E-state index contributed by atoms with van der Waals surface area (Å²) in [7, 11) is 0. The van der Waals surface area contributed by atoms with Crippen molar-refractivity contribution < 1.29 is 9.53 Å². The van der Waals surface area contributed by atoms with Crippen molar-refractivity contribution >= 4 is 11.7 Å². The Labute approximate surface area is 124 Å². The van der Waals surface area contributed by atoms with Gasteiger partial charge in [0.1, 0.15) is 11.2 Å². The molecular formula is C16H21N3O2. The largest absolute Gasteiger partial charge is 0.444 e. The van der Waals surface area contributed by atoms with Crippen molar-refractivity contribution in [2.75, 3.05) is 6.54 Å². The molecule has 0 radical (unpaired) electrons. The predicted octanol–water partition coefficient (Wildman–Crippen LogP) is 2.94. The SMILES string of the molecule is Cc1cccc2nc3c(n12)CN(C(=O)OC(C)(C)C)CC3. The molecule has 0 saturated heterocycles. The minimum atomic E-state index is -0.466. The van der Waals surface area contributed by atoms with Crippen LogP contribution in [0.2, 0.25) is 0 Å². The molecule has 1 aliphatic rings. The Hall–Kier alpha value is -2.04. The fourth-order valence-corrected chi connectivity index (χ4v) is 2.72. The van der Waals surface area contributed by atoms with Crippen LogP contribution in [0.25, 0.3) is 5.65 Å². The first kappa shape index (κ1) is 13.9. The maximum absolute atomic E-state index is 12.2. The zero-order chi connectivity index (χ0) is 15.2. The number of ether oxygens (including phenoxy) is 1. The number of hydrogen-bond donors (Lipinski definition) is 0. The van der Waals surface area contributed by atoms with Crippen molar-refractivity contribution in [2.45, 2.75) is 46.3 Å². The lowest BCUT2D eigenvalue weighted by Gasteiger charge is -2.29. The third-order valence-electron chi connectivity index (χ3n) is 3.63. The minimum Gasteiger partial charge on any atom is -0.444 e. The number of fused-ring (bicyclic) bond motifs is 3. The van der Waals surface area contributed by atoms with E-state index in [0.717, 1.165) is 29.1 Å². The molecule has 1 aliphatic heterocycles. The molecule has 3 rings (SSSR count). The number of carbonyl (C=O) groups excluding carboxylic acids is 1. The quantitative estimate of drug-likeness (QED) is 0.748. The summed E-state index contributed by atoms with van der Waals surface area (Å²) >= 11 is 0. The van der Waals surface area contributed by atoms with Gasteiger partial charge in [-0.3, -0.25) is 4.40 Å². The van der Waals surface area contributed by atoms with E-state index in [2.05, 4.69) is 22.4 Å². The molecule has 1 amide bonds. The second-order valence-corrected chi connectivity index (χ2v) is 6.52. The first-order chi connectivity index (χ1) is 9.85. The molecule has 0 aliphatic carbocycles. The fourth-order valence-electron chi connectivity index (χ4n) is 2.72. The molecule has 0 saturated carbocycles. The molecule has 0 unspecified atom stereocenters. The number of hydrogen-bond acceptors (Lipinski definition) is 3. The number of aromatic nitrogens is 2. The summed E-state index contributed by atoms with van der Waals surface area (Å²) in [5, 5.41) is 0. The van der Waals surface area contributed by atoms with Gasteiger partial charge < -0.3 is 9.64 Å². The van der Waals surface area contributed by atoms with Gasteiger partial charge in [-0.05, 0) is 39.8 Å². The van der Waals surface area contributed by atoms with Gasteiger partial charge in [-0.1, -0.05) is 6.07 Å². The summed E-state index contributed by atoms with van der Waals surface area (Å²) in [6, 6.07) is 6.07. The third-order valence-corrected chi connectivity index (χ3v) is 3.63. The molecule has 0 aromatic carbocycles. The second kappa shape index (κ2) is 4.76. The molecule has 0 N–H and O–H groups in total. The van der Waals surface area contributed by atoms with E-state index in [1.165, 1.54) is 0 Å². The summed E-state index contributed by atoms with van der Waals surface area (Å²) in [4.78, 5) is 18.7. The smallest absolute Gasteiger partial charge is 0.410 e. The second-order valence-electron chi connectivity index (χ2n) is 6.52. The van der Waals surface area contributed by atoms with Crippen molar-refractivity contribution in [3.05, 3.63) is 35.3 Å². The highest BCUT2D eigenvalue weighted by Crippen LogP contribution is 2.23. The highest BCUT2D eigenvalue weighted by Gasteiger charge is 2.28. The molecule has 5 nitrogen and oxygen atoms in total. The molecule has 3 heterocycles. The van der Waals surface area contributed by atoms with Gasteiger partial charge in [-0.15, -0.1) is 0 Å². The van der Waals surface area contributed by atoms with Crippen LogP contribution in [-0.4, -0.2) is 32.5 Å². The standard InChI is InChI=1S/C16H21N3O2/c1-11-6-5-7-14-17-12-8-9-18(10-13(12)19(11)14)15(20)21-16(2,3)4/h5-7H,8-10H2,1-4H3. The first-order valence-electron chi connectivity index (χ1n) is 7.29. The van der Waals surface area contributed by atoms with Gasteiger partial charge >= 0.3 is 6.09 Å². The zero-order valence-electron chi connectivity index (χ0n) is 13.0. The fraction of sp³-hybridized carbons (Fsp3) is 0.500. The normalized spacial score (nSPS) is 15.1. The summed E-state index contributed by atoms with van der Waals surface area (Å²) in [6.45, 7) is 8.93. The Balaban J connectivity index is 1.91. The topological polar surface area (TPSA) is 46.8 Å². The molecule has 2 aromatic heterocycles. The van der Waals surface area contributed by atoms with E-state index in [1.54, 1.807) is 4.90 Å². The van der Waals surface area contributed by atoms with Crippen molar-refractivity contribution in [1.29, 1.82) is 0 Å². The molecule has 2 aromatic rings. The van der Waals surface area contributed by atoms with Crippen molar-refractivity contribution in [3.8, 4) is 0 Å². The Morgan fingerprint density at radius 3 is 2.81 bits per heavy atom. The van der Waals surface area contributed by atoms with Crippen LogP contribution in [0.1, 0.15) is 37.9 Å². The number of pyridine rings is 1. The van der Waals surface area contributed by atoms with Crippen LogP contribution in [0.3, 0.4) is 0 Å². The van der Waals surface area contributed by atoms with Crippen molar-refractivity contribution in [1.82, 2.24) is 14.3 Å². The number of nitrogens with zero attached hydrogens (tertiary/aromatic N) is 3. The van der Waals surface area contributed by atoms with Crippen molar-refractivity contribution in [2.24, 2.45) is 0 Å². The van der Waals surface area contributed by atoms with Gasteiger partial charge in [0.15, 0.2) is 0 Å². The van der Waals surface area contributed by atoms with Crippen LogP contribution in [-0.2, 0) is 17.7 Å². The molecule has 112 valence electrons. The van der Waals surface area contributed by atoms with Crippen LogP contribution < -0.4 is 0 Å². The summed E-state index contributed by atoms with van der Waals surface area (Å²) in [6.07, 6.45) is 0.520. The monoisotopic (exact) mass is 287 g/mol. The van der Waals surface area contributed by atoms with Gasteiger partial charge in [0.05, 0.1) is 17.9 Å². The summed E-state index contributed by atoms with van der Waals surface area (Å²) in [5.41, 5.74) is 3.80. The molecule has 21 heavy (non-hydrogen) atoms. The summed E-state index contributed by atoms with van der Waals surface area (Å²) < 4.78 is 7.60. The molecule has 5 heteroatoms. The molecular weight excluding hydrogens is 266 g/mol. The predicted molar refractivity (Wildman–Crippen MR) is 80.3 cm³/mol. The average molecular weight is 287 g/mol. The van der Waals surface area contributed by atoms with E-state index < -0.39 is 5.60 Å². The lowest BCUT2D eigenvalue weighted by molar-refractivity contribution is 0.0220. The maximum atomic E-state index is 12.2. The minimum absolute atomic E-state index is 0.253. The lowest BCUT2D eigenvalue weighted by Crippen LogP contribution is -2.40. The number of imidazole rings is 1. The van der Waals surface area contributed by atoms with Crippen LogP contribution in [0, 0.1) is 6.92 Å². The zero-order valence-corrected chi connectivity index (χ0v) is 13.0. The van der Waals surface area contributed by atoms with E-state index in [0.29, 0.717) is 13.1 Å². The molecule has 0 atom stereocenters. The highest BCUT2D eigenvalue weighted by molar-refractivity contribution is 5.68. The van der Waals surface area contributed by atoms with Crippen LogP contribution in [0.4, 0.5) is 4.79 Å². The van der Waals surface area contributed by atoms with Gasteiger partial charge in [-0.25, -0.2) is 9.78 Å². The third kappa shape index (κ3) is 2.60. The highest BCUT2D eigenvalue weighted by atomic mass is 16.6. The van der Waals surface area contributed by atoms with Crippen LogP contribution in [0.15, 0.2) is 18.2 Å². The van der Waals surface area contributed by atoms with E-state index in [-0.39, 0.29) is 6.09 Å². The number of carbonyl (C=O) groups is 1. The van der Waals surface area contributed by atoms with Gasteiger partial charge in [-0.2, -0.15) is 0 Å². The van der Waals surface area contributed by atoms with Crippen molar-refractivity contribution in [3.63, 3.8) is 0 Å². The van der Waals surface area contributed by atoms with Crippen LogP contribution in [0.5, 0.6) is 0 Å². The summed E-state index contributed by atoms with van der Waals surface area (Å²) in [5.74, 6) is 0. The van der Waals surface area contributed by atoms with E-state index in [9.17, 15) is 4.79 Å². The number of amides is 1. The van der Waals surface area contributed by atoms with Gasteiger partial charge in [0, 0.05) is 18.7 Å². The van der Waals surface area contributed by atoms with Gasteiger partial charge in [0.25, 0.3) is 0 Å². The lowest BCUT2D eigenvalue weighted by atomic mass is 10.1. The van der Waals surface area contributed by atoms with Crippen LogP contribution >= 0.6 is 0 Å². The molecule has 0 bridgehead atoms. The molecule has 0 fully saturated rings. The van der Waals surface area contributed by atoms with E-state index in [4.69, 9.17) is 4.74 Å². The Morgan fingerprint density at radius 2 is 2.10 bits per heavy atom. The van der Waals surface area contributed by atoms with Gasteiger partial charge in [0.2, 0.25) is 0 Å². The number of aryl methyl sites for hydroxylation is 1. The van der Waals surface area contributed by atoms with E-state index >= 15 is 0 Å². The molecule has 0 spiro atoms. The Kier molecular flexibility index (Phi) is 3.15. The Bertz CT molecular complexity index is 697. The number of rotatable bonds is 0. The first-order valence-corrected chi connectivity index (χ1v) is 7.29. The average Bonchev–Trinajstić information content (AvgIpc) is 2.75. The Morgan fingerprint density at radius 1 is 1.33 bits per heavy atom. The van der Waals surface area contributed by atoms with E-state index in [1.807, 2.05) is 32.9 Å². The maximum Gasteiger partial charge on any atom is 0.410 e.